The average Bonchev–Trinajstić information content (AvgIpc) is 2.82. The molecule has 0 amide bonds. The Bertz CT molecular complexity index is 723. The largest absolute Gasteiger partial charge is 0.573 e. The molecule has 200 valence electrons. The van der Waals surface area contributed by atoms with Gasteiger partial charge in [0.1, 0.15) is 0 Å². The normalized spacial score (nSPS) is 25.5. The predicted molar refractivity (Wildman–Crippen MR) is 130 cm³/mol. The number of aryl methyl sites for hydroxylation is 1. The number of ether oxygens (including phenoxy) is 1. The highest BCUT2D eigenvalue weighted by atomic mass is 19.4. The number of benzene rings is 1. The lowest BCUT2D eigenvalue weighted by Gasteiger charge is -2.32. The zero-order chi connectivity index (χ0) is 25.3. The minimum Gasteiger partial charge on any atom is -0.399 e. The molecule has 2 aliphatic rings. The van der Waals surface area contributed by atoms with Crippen molar-refractivity contribution in [3.63, 3.8) is 0 Å². The van der Waals surface area contributed by atoms with Crippen molar-refractivity contribution in [2.24, 2.45) is 23.7 Å². The van der Waals surface area contributed by atoms with Gasteiger partial charge in [0.2, 0.25) is 5.75 Å². The Morgan fingerprint density at radius 2 is 1.14 bits per heavy atom. The number of rotatable bonds is 12. The Labute approximate surface area is 208 Å². The Morgan fingerprint density at radius 1 is 0.686 bits per heavy atom. The van der Waals surface area contributed by atoms with E-state index in [0.717, 1.165) is 49.1 Å². The van der Waals surface area contributed by atoms with Gasteiger partial charge >= 0.3 is 6.36 Å². The van der Waals surface area contributed by atoms with E-state index in [-0.39, 0.29) is 0 Å². The van der Waals surface area contributed by atoms with Gasteiger partial charge in [-0.3, -0.25) is 0 Å². The van der Waals surface area contributed by atoms with Crippen LogP contribution in [0, 0.1) is 35.3 Å². The van der Waals surface area contributed by atoms with Crippen LogP contribution in [0.25, 0.3) is 0 Å². The predicted octanol–water partition coefficient (Wildman–Crippen LogP) is 10.2. The van der Waals surface area contributed by atoms with Crippen LogP contribution in [0.1, 0.15) is 115 Å². The van der Waals surface area contributed by atoms with Crippen molar-refractivity contribution in [1.82, 2.24) is 0 Å². The van der Waals surface area contributed by atoms with Crippen molar-refractivity contribution < 1.29 is 26.7 Å². The highest BCUT2D eigenvalue weighted by molar-refractivity contribution is 5.31. The zero-order valence-electron chi connectivity index (χ0n) is 21.3. The van der Waals surface area contributed by atoms with Gasteiger partial charge in [-0.05, 0) is 54.2 Å². The minimum atomic E-state index is -5.12. The van der Waals surface area contributed by atoms with E-state index in [1.165, 1.54) is 83.5 Å². The second kappa shape index (κ2) is 13.8. The molecule has 2 aliphatic carbocycles. The average molecular weight is 503 g/mol. The first-order valence-electron chi connectivity index (χ1n) is 14.0. The summed E-state index contributed by atoms with van der Waals surface area (Å²) in [7, 11) is 0. The van der Waals surface area contributed by atoms with Gasteiger partial charge in [-0.1, -0.05) is 103 Å². The molecule has 6 heteroatoms. The van der Waals surface area contributed by atoms with Crippen molar-refractivity contribution in [3.8, 4) is 5.75 Å². The summed E-state index contributed by atoms with van der Waals surface area (Å²) in [5.74, 6) is -0.777. The Balaban J connectivity index is 1.30. The molecule has 0 radical (unpaired) electrons. The molecule has 0 aliphatic heterocycles. The maximum Gasteiger partial charge on any atom is 0.573 e. The van der Waals surface area contributed by atoms with E-state index < -0.39 is 23.7 Å². The van der Waals surface area contributed by atoms with Crippen LogP contribution < -0.4 is 4.74 Å². The quantitative estimate of drug-likeness (QED) is 0.204. The summed E-state index contributed by atoms with van der Waals surface area (Å²) >= 11 is 0. The molecule has 2 saturated carbocycles. The highest BCUT2D eigenvalue weighted by Crippen LogP contribution is 2.39. The summed E-state index contributed by atoms with van der Waals surface area (Å²) in [6, 6.07) is 1.94. The van der Waals surface area contributed by atoms with Gasteiger partial charge in [-0.2, -0.15) is 0 Å². The molecule has 0 aromatic heterocycles. The highest BCUT2D eigenvalue weighted by Gasteiger charge is 2.34. The van der Waals surface area contributed by atoms with Crippen LogP contribution in [-0.2, 0) is 6.42 Å². The van der Waals surface area contributed by atoms with Gasteiger partial charge in [0.15, 0.2) is 11.6 Å². The summed E-state index contributed by atoms with van der Waals surface area (Å²) in [5, 5.41) is 0. The van der Waals surface area contributed by atoms with Crippen molar-refractivity contribution in [3.05, 3.63) is 29.3 Å². The van der Waals surface area contributed by atoms with Gasteiger partial charge in [-0.25, -0.2) is 8.78 Å². The minimum absolute atomic E-state index is 0.387. The lowest BCUT2D eigenvalue weighted by atomic mass is 9.74. The Kier molecular flexibility index (Phi) is 11.2. The smallest absolute Gasteiger partial charge is 0.399 e. The van der Waals surface area contributed by atoms with Crippen molar-refractivity contribution in [1.29, 1.82) is 0 Å². The summed E-state index contributed by atoms with van der Waals surface area (Å²) in [6.45, 7) is 2.27. The monoisotopic (exact) mass is 502 g/mol. The first-order valence-corrected chi connectivity index (χ1v) is 14.0. The first-order chi connectivity index (χ1) is 16.7. The molecular formula is C29H43F5O. The zero-order valence-corrected chi connectivity index (χ0v) is 21.3. The van der Waals surface area contributed by atoms with E-state index in [1.807, 2.05) is 0 Å². The number of halogens is 5. The molecule has 1 aromatic carbocycles. The third-order valence-electron chi connectivity index (χ3n) is 8.50. The Hall–Kier alpha value is -1.33. The number of hydrogen-bond acceptors (Lipinski definition) is 1. The molecule has 0 atom stereocenters. The molecular weight excluding hydrogens is 459 g/mol. The van der Waals surface area contributed by atoms with E-state index in [9.17, 15) is 22.0 Å². The fourth-order valence-electron chi connectivity index (χ4n) is 6.29. The van der Waals surface area contributed by atoms with E-state index in [1.54, 1.807) is 0 Å². The lowest BCUT2D eigenvalue weighted by Crippen LogP contribution is -2.19. The van der Waals surface area contributed by atoms with Crippen LogP contribution in [0.3, 0.4) is 0 Å². The van der Waals surface area contributed by atoms with Gasteiger partial charge < -0.3 is 4.74 Å². The molecule has 1 aromatic rings. The maximum atomic E-state index is 13.9. The molecule has 35 heavy (non-hydrogen) atoms. The van der Waals surface area contributed by atoms with E-state index in [2.05, 4.69) is 11.7 Å². The van der Waals surface area contributed by atoms with Crippen LogP contribution in [-0.4, -0.2) is 6.36 Å². The fourth-order valence-corrected chi connectivity index (χ4v) is 6.29. The van der Waals surface area contributed by atoms with Crippen molar-refractivity contribution >= 4 is 0 Å². The van der Waals surface area contributed by atoms with Crippen LogP contribution in [0.15, 0.2) is 12.1 Å². The molecule has 0 heterocycles. The van der Waals surface area contributed by atoms with Crippen LogP contribution in [0.5, 0.6) is 5.75 Å². The van der Waals surface area contributed by atoms with Gasteiger partial charge in [0.25, 0.3) is 0 Å². The topological polar surface area (TPSA) is 9.23 Å². The van der Waals surface area contributed by atoms with Crippen molar-refractivity contribution in [2.75, 3.05) is 0 Å². The van der Waals surface area contributed by atoms with Crippen molar-refractivity contribution in [2.45, 2.75) is 122 Å². The molecule has 1 nitrogen and oxygen atoms in total. The second-order valence-corrected chi connectivity index (χ2v) is 11.2. The van der Waals surface area contributed by atoms with E-state index >= 15 is 0 Å². The van der Waals surface area contributed by atoms with Crippen LogP contribution in [0.2, 0.25) is 0 Å². The number of unbranched alkanes of at least 4 members (excludes halogenated alkanes) is 3. The maximum absolute atomic E-state index is 13.9. The molecule has 0 bridgehead atoms. The number of hydrogen-bond donors (Lipinski definition) is 0. The number of alkyl halides is 3. The second-order valence-electron chi connectivity index (χ2n) is 11.2. The molecule has 0 spiro atoms. The first kappa shape index (κ1) is 28.2. The van der Waals surface area contributed by atoms with Crippen LogP contribution in [0.4, 0.5) is 22.0 Å². The summed E-state index contributed by atoms with van der Waals surface area (Å²) in [6.07, 6.45) is 16.2. The lowest BCUT2D eigenvalue weighted by molar-refractivity contribution is -0.276. The summed E-state index contributed by atoms with van der Waals surface area (Å²) in [5.41, 5.74) is 0.387. The van der Waals surface area contributed by atoms with E-state index in [0.29, 0.717) is 17.9 Å². The SMILES string of the molecule is CCCCCCC1CCC(CCC2CCC(CCc3cc(F)c(OC(F)(F)F)c(F)c3)CC2)CC1. The third-order valence-corrected chi connectivity index (χ3v) is 8.50. The van der Waals surface area contributed by atoms with Gasteiger partial charge in [0, 0.05) is 0 Å². The third kappa shape index (κ3) is 9.92. The molecule has 0 saturated heterocycles. The standard InChI is InChI=1S/C29H43F5O/c1-2-3-4-5-6-21-7-9-22(10-8-21)11-12-23-13-15-24(16-14-23)17-18-25-19-26(30)28(27(31)20-25)35-29(32,33)34/h19-24H,2-18H2,1H3. The van der Waals surface area contributed by atoms with Gasteiger partial charge in [0.05, 0.1) is 0 Å². The molecule has 2 fully saturated rings. The van der Waals surface area contributed by atoms with Gasteiger partial charge in [-0.15, -0.1) is 13.2 Å². The fraction of sp³-hybridized carbons (Fsp3) is 0.793. The van der Waals surface area contributed by atoms with Crippen LogP contribution >= 0.6 is 0 Å². The Morgan fingerprint density at radius 3 is 1.60 bits per heavy atom. The van der Waals surface area contributed by atoms with E-state index in [4.69, 9.17) is 0 Å². The summed E-state index contributed by atoms with van der Waals surface area (Å²) in [4.78, 5) is 0. The summed E-state index contributed by atoms with van der Waals surface area (Å²) < 4.78 is 68.3. The molecule has 0 N–H and O–H groups in total. The molecule has 3 rings (SSSR count). The molecule has 0 unspecified atom stereocenters.